The van der Waals surface area contributed by atoms with Crippen LogP contribution in [-0.2, 0) is 4.79 Å². The minimum Gasteiger partial charge on any atom is -0.398 e. The summed E-state index contributed by atoms with van der Waals surface area (Å²) in [6.07, 6.45) is 0. The summed E-state index contributed by atoms with van der Waals surface area (Å²) in [7, 11) is 0. The van der Waals surface area contributed by atoms with Gasteiger partial charge in [0, 0.05) is 29.4 Å². The highest BCUT2D eigenvalue weighted by atomic mass is 16.1. The van der Waals surface area contributed by atoms with Crippen LogP contribution in [0.2, 0.25) is 0 Å². The van der Waals surface area contributed by atoms with E-state index in [9.17, 15) is 9.59 Å². The number of nitrogens with two attached hydrogens (primary N) is 1. The molecule has 2 rings (SSSR count). The molecular formula is C16H16N2O2. The SMILES string of the molecule is CC(=O)Nc1ccc(C(=O)c2cccc(N)c2C)cc1. The normalized spacial score (nSPS) is 10.1. The third kappa shape index (κ3) is 2.85. The Hall–Kier alpha value is -2.62. The van der Waals surface area contributed by atoms with Crippen LogP contribution in [0.3, 0.4) is 0 Å². The van der Waals surface area contributed by atoms with E-state index in [0.29, 0.717) is 22.5 Å². The molecular weight excluding hydrogens is 252 g/mol. The van der Waals surface area contributed by atoms with Gasteiger partial charge in [0.1, 0.15) is 0 Å². The predicted molar refractivity (Wildman–Crippen MR) is 79.8 cm³/mol. The third-order valence-electron chi connectivity index (χ3n) is 3.09. The number of amides is 1. The number of carbonyl (C=O) groups is 2. The lowest BCUT2D eigenvalue weighted by molar-refractivity contribution is -0.114. The van der Waals surface area contributed by atoms with Crippen molar-refractivity contribution in [2.24, 2.45) is 0 Å². The van der Waals surface area contributed by atoms with Crippen molar-refractivity contribution in [3.63, 3.8) is 0 Å². The number of rotatable bonds is 3. The van der Waals surface area contributed by atoms with Crippen molar-refractivity contribution < 1.29 is 9.59 Å². The topological polar surface area (TPSA) is 72.2 Å². The van der Waals surface area contributed by atoms with Gasteiger partial charge in [0.05, 0.1) is 0 Å². The molecule has 0 radical (unpaired) electrons. The molecule has 0 heterocycles. The van der Waals surface area contributed by atoms with Crippen LogP contribution in [0.15, 0.2) is 42.5 Å². The Morgan fingerprint density at radius 3 is 2.30 bits per heavy atom. The molecule has 2 aromatic carbocycles. The van der Waals surface area contributed by atoms with Crippen molar-refractivity contribution in [3.8, 4) is 0 Å². The van der Waals surface area contributed by atoms with Crippen LogP contribution < -0.4 is 11.1 Å². The summed E-state index contributed by atoms with van der Waals surface area (Å²) < 4.78 is 0. The lowest BCUT2D eigenvalue weighted by Gasteiger charge is -2.08. The molecule has 0 bridgehead atoms. The van der Waals surface area contributed by atoms with Gasteiger partial charge in [0.15, 0.2) is 5.78 Å². The average molecular weight is 268 g/mol. The molecule has 0 aliphatic rings. The van der Waals surface area contributed by atoms with E-state index in [-0.39, 0.29) is 11.7 Å². The van der Waals surface area contributed by atoms with Crippen LogP contribution in [0.5, 0.6) is 0 Å². The second kappa shape index (κ2) is 5.57. The molecule has 2 aromatic rings. The Balaban J connectivity index is 2.29. The average Bonchev–Trinajstić information content (AvgIpc) is 2.41. The number of carbonyl (C=O) groups excluding carboxylic acids is 2. The van der Waals surface area contributed by atoms with E-state index in [0.717, 1.165) is 5.56 Å². The molecule has 0 atom stereocenters. The lowest BCUT2D eigenvalue weighted by atomic mass is 9.98. The monoisotopic (exact) mass is 268 g/mol. The van der Waals surface area contributed by atoms with Crippen molar-refractivity contribution in [2.75, 3.05) is 11.1 Å². The first kappa shape index (κ1) is 13.8. The zero-order valence-corrected chi connectivity index (χ0v) is 11.4. The van der Waals surface area contributed by atoms with Crippen LogP contribution in [0.25, 0.3) is 0 Å². The Bertz CT molecular complexity index is 661. The van der Waals surface area contributed by atoms with E-state index in [2.05, 4.69) is 5.32 Å². The van der Waals surface area contributed by atoms with Gasteiger partial charge in [0.2, 0.25) is 5.91 Å². The minimum atomic E-state index is -0.143. The van der Waals surface area contributed by atoms with E-state index in [1.807, 2.05) is 6.92 Å². The molecule has 102 valence electrons. The Kier molecular flexibility index (Phi) is 3.84. The molecule has 0 spiro atoms. The van der Waals surface area contributed by atoms with Crippen LogP contribution in [0.4, 0.5) is 11.4 Å². The maximum atomic E-state index is 12.4. The van der Waals surface area contributed by atoms with E-state index in [4.69, 9.17) is 5.73 Å². The smallest absolute Gasteiger partial charge is 0.221 e. The number of hydrogen-bond acceptors (Lipinski definition) is 3. The molecule has 0 aliphatic heterocycles. The quantitative estimate of drug-likeness (QED) is 0.664. The summed E-state index contributed by atoms with van der Waals surface area (Å²) >= 11 is 0. The molecule has 0 aromatic heterocycles. The summed E-state index contributed by atoms with van der Waals surface area (Å²) in [6, 6.07) is 12.1. The highest BCUT2D eigenvalue weighted by Gasteiger charge is 2.12. The largest absolute Gasteiger partial charge is 0.398 e. The van der Waals surface area contributed by atoms with Gasteiger partial charge in [-0.1, -0.05) is 12.1 Å². The van der Waals surface area contributed by atoms with Gasteiger partial charge in [-0.2, -0.15) is 0 Å². The Labute approximate surface area is 117 Å². The number of ketones is 1. The van der Waals surface area contributed by atoms with Crippen molar-refractivity contribution in [1.82, 2.24) is 0 Å². The van der Waals surface area contributed by atoms with Crippen LogP contribution >= 0.6 is 0 Å². The molecule has 0 saturated carbocycles. The maximum Gasteiger partial charge on any atom is 0.221 e. The molecule has 1 amide bonds. The molecule has 0 unspecified atom stereocenters. The Morgan fingerprint density at radius 1 is 1.05 bits per heavy atom. The number of nitrogen functional groups attached to an aromatic ring is 1. The van der Waals surface area contributed by atoms with Crippen LogP contribution in [0, 0.1) is 6.92 Å². The van der Waals surface area contributed by atoms with E-state index < -0.39 is 0 Å². The highest BCUT2D eigenvalue weighted by molar-refractivity contribution is 6.10. The fourth-order valence-electron chi connectivity index (χ4n) is 1.96. The minimum absolute atomic E-state index is 0.0795. The van der Waals surface area contributed by atoms with Crippen LogP contribution in [0.1, 0.15) is 28.4 Å². The van der Waals surface area contributed by atoms with Gasteiger partial charge < -0.3 is 11.1 Å². The lowest BCUT2D eigenvalue weighted by Crippen LogP contribution is -2.07. The first-order valence-corrected chi connectivity index (χ1v) is 6.26. The molecule has 0 aliphatic carbocycles. The van der Waals surface area contributed by atoms with Gasteiger partial charge in [-0.05, 0) is 42.8 Å². The second-order valence-electron chi connectivity index (χ2n) is 4.61. The summed E-state index contributed by atoms with van der Waals surface area (Å²) in [5.41, 5.74) is 9.02. The Morgan fingerprint density at radius 2 is 1.70 bits per heavy atom. The molecule has 4 nitrogen and oxygen atoms in total. The fourth-order valence-corrected chi connectivity index (χ4v) is 1.96. The number of benzene rings is 2. The van der Waals surface area contributed by atoms with Gasteiger partial charge >= 0.3 is 0 Å². The summed E-state index contributed by atoms with van der Waals surface area (Å²) in [4.78, 5) is 23.4. The summed E-state index contributed by atoms with van der Waals surface area (Å²) in [5, 5.41) is 2.66. The maximum absolute atomic E-state index is 12.4. The predicted octanol–water partition coefficient (Wildman–Crippen LogP) is 2.77. The number of nitrogens with one attached hydrogen (secondary N) is 1. The van der Waals surface area contributed by atoms with Crippen LogP contribution in [-0.4, -0.2) is 11.7 Å². The zero-order chi connectivity index (χ0) is 14.7. The fraction of sp³-hybridized carbons (Fsp3) is 0.125. The van der Waals surface area contributed by atoms with Crippen molar-refractivity contribution in [3.05, 3.63) is 59.2 Å². The first-order chi connectivity index (χ1) is 9.49. The molecule has 4 heteroatoms. The standard InChI is InChI=1S/C16H16N2O2/c1-10-14(4-3-5-15(10)17)16(20)12-6-8-13(9-7-12)18-11(2)19/h3-9H,17H2,1-2H3,(H,18,19). The van der Waals surface area contributed by atoms with Crippen molar-refractivity contribution in [1.29, 1.82) is 0 Å². The third-order valence-corrected chi connectivity index (χ3v) is 3.09. The molecule has 0 saturated heterocycles. The molecule has 0 fully saturated rings. The van der Waals surface area contributed by atoms with Gasteiger partial charge in [-0.15, -0.1) is 0 Å². The second-order valence-corrected chi connectivity index (χ2v) is 4.61. The first-order valence-electron chi connectivity index (χ1n) is 6.26. The summed E-state index contributed by atoms with van der Waals surface area (Å²) in [5.74, 6) is -0.222. The van der Waals surface area contributed by atoms with Gasteiger partial charge in [-0.25, -0.2) is 0 Å². The van der Waals surface area contributed by atoms with E-state index in [1.165, 1.54) is 6.92 Å². The number of hydrogen-bond donors (Lipinski definition) is 2. The van der Waals surface area contributed by atoms with Crippen molar-refractivity contribution in [2.45, 2.75) is 13.8 Å². The summed E-state index contributed by atoms with van der Waals surface area (Å²) in [6.45, 7) is 3.27. The van der Waals surface area contributed by atoms with Crippen molar-refractivity contribution >= 4 is 23.1 Å². The van der Waals surface area contributed by atoms with Gasteiger partial charge in [0.25, 0.3) is 0 Å². The van der Waals surface area contributed by atoms with E-state index in [1.54, 1.807) is 42.5 Å². The molecule has 20 heavy (non-hydrogen) atoms. The van der Waals surface area contributed by atoms with Gasteiger partial charge in [-0.3, -0.25) is 9.59 Å². The van der Waals surface area contributed by atoms with E-state index >= 15 is 0 Å². The molecule has 3 N–H and O–H groups in total. The number of anilines is 2. The highest BCUT2D eigenvalue weighted by Crippen LogP contribution is 2.20. The zero-order valence-electron chi connectivity index (χ0n) is 11.4.